The van der Waals surface area contributed by atoms with Gasteiger partial charge in [0.15, 0.2) is 0 Å². The van der Waals surface area contributed by atoms with Gasteiger partial charge in [-0.3, -0.25) is 4.79 Å². The summed E-state index contributed by atoms with van der Waals surface area (Å²) in [5, 5.41) is 23.9. The van der Waals surface area contributed by atoms with Crippen LogP contribution in [0.4, 0.5) is 5.69 Å². The quantitative estimate of drug-likeness (QED) is 0.386. The minimum atomic E-state index is -0.511. The lowest BCUT2D eigenvalue weighted by Gasteiger charge is -2.17. The Hall–Kier alpha value is -2.52. The van der Waals surface area contributed by atoms with E-state index in [4.69, 9.17) is 5.26 Å². The van der Waals surface area contributed by atoms with Crippen molar-refractivity contribution in [1.82, 2.24) is 10.2 Å². The van der Waals surface area contributed by atoms with Crippen LogP contribution in [0.1, 0.15) is 13.8 Å². The van der Waals surface area contributed by atoms with Crippen LogP contribution in [0.25, 0.3) is 0 Å². The van der Waals surface area contributed by atoms with Crippen molar-refractivity contribution in [3.8, 4) is 11.8 Å². The van der Waals surface area contributed by atoms with Crippen LogP contribution in [0, 0.1) is 11.3 Å². The van der Waals surface area contributed by atoms with Crippen molar-refractivity contribution in [3.63, 3.8) is 0 Å². The molecule has 1 rings (SSSR count). The molecule has 1 aromatic rings. The first-order valence-corrected chi connectivity index (χ1v) is 7.27. The second kappa shape index (κ2) is 9.42. The molecule has 118 valence electrons. The Morgan fingerprint density at radius 3 is 2.73 bits per heavy atom. The first-order valence-electron chi connectivity index (χ1n) is 7.27. The lowest BCUT2D eigenvalue weighted by Crippen LogP contribution is -2.30. The van der Waals surface area contributed by atoms with E-state index in [1.807, 2.05) is 6.07 Å². The number of phenolic OH excluding ortho intramolecular Hbond substituents is 1. The van der Waals surface area contributed by atoms with Crippen molar-refractivity contribution >= 4 is 11.6 Å². The molecule has 0 heterocycles. The van der Waals surface area contributed by atoms with Gasteiger partial charge in [-0.15, -0.1) is 0 Å². The van der Waals surface area contributed by atoms with Crippen LogP contribution >= 0.6 is 0 Å². The van der Waals surface area contributed by atoms with E-state index < -0.39 is 5.91 Å². The molecule has 22 heavy (non-hydrogen) atoms. The fraction of sp³-hybridized carbons (Fsp3) is 0.375. The van der Waals surface area contributed by atoms with Gasteiger partial charge in [-0.1, -0.05) is 19.9 Å². The van der Waals surface area contributed by atoms with Crippen molar-refractivity contribution < 1.29 is 9.90 Å². The molecule has 0 radical (unpaired) electrons. The standard InChI is InChI=1S/C16H22N4O2/c1-3-20(4-2)9-8-18-12-13(11-17)16(22)19-14-6-5-7-15(21)10-14/h5-7,10,12,18,21H,3-4,8-9H2,1-2H3,(H,19,22)/b13-12-. The zero-order chi connectivity index (χ0) is 16.4. The molecule has 1 aromatic carbocycles. The summed E-state index contributed by atoms with van der Waals surface area (Å²) < 4.78 is 0. The molecule has 3 N–H and O–H groups in total. The smallest absolute Gasteiger partial charge is 0.267 e. The highest BCUT2D eigenvalue weighted by molar-refractivity contribution is 6.06. The maximum Gasteiger partial charge on any atom is 0.267 e. The molecule has 0 fully saturated rings. The van der Waals surface area contributed by atoms with Crippen LogP contribution in [-0.2, 0) is 4.79 Å². The molecule has 0 aliphatic rings. The topological polar surface area (TPSA) is 88.4 Å². The number of nitrogens with zero attached hydrogens (tertiary/aromatic N) is 2. The first kappa shape index (κ1) is 17.5. The molecular weight excluding hydrogens is 280 g/mol. The van der Waals surface area contributed by atoms with E-state index >= 15 is 0 Å². The number of benzene rings is 1. The van der Waals surface area contributed by atoms with Gasteiger partial charge >= 0.3 is 0 Å². The summed E-state index contributed by atoms with van der Waals surface area (Å²) in [5.74, 6) is -0.457. The molecule has 0 unspecified atom stereocenters. The number of nitrogens with one attached hydrogen (secondary N) is 2. The summed E-state index contributed by atoms with van der Waals surface area (Å²) in [6, 6.07) is 8.04. The lowest BCUT2D eigenvalue weighted by molar-refractivity contribution is -0.112. The highest BCUT2D eigenvalue weighted by atomic mass is 16.3. The number of amides is 1. The van der Waals surface area contributed by atoms with Crippen molar-refractivity contribution in [3.05, 3.63) is 36.0 Å². The zero-order valence-electron chi connectivity index (χ0n) is 13.0. The Morgan fingerprint density at radius 2 is 2.14 bits per heavy atom. The second-order valence-corrected chi connectivity index (χ2v) is 4.66. The maximum absolute atomic E-state index is 12.0. The number of hydrogen-bond donors (Lipinski definition) is 3. The van der Waals surface area contributed by atoms with Gasteiger partial charge in [0.1, 0.15) is 17.4 Å². The molecule has 0 aliphatic heterocycles. The third-order valence-electron chi connectivity index (χ3n) is 3.18. The monoisotopic (exact) mass is 302 g/mol. The number of rotatable bonds is 8. The van der Waals surface area contributed by atoms with E-state index in [1.54, 1.807) is 12.1 Å². The van der Waals surface area contributed by atoms with E-state index in [0.29, 0.717) is 12.2 Å². The molecule has 6 heteroatoms. The maximum atomic E-state index is 12.0. The van der Waals surface area contributed by atoms with Crippen molar-refractivity contribution in [1.29, 1.82) is 5.26 Å². The summed E-state index contributed by atoms with van der Waals surface area (Å²) in [4.78, 5) is 14.2. The van der Waals surface area contributed by atoms with E-state index in [2.05, 4.69) is 29.4 Å². The minimum absolute atomic E-state index is 0.0112. The van der Waals surface area contributed by atoms with Crippen molar-refractivity contribution in [2.24, 2.45) is 0 Å². The first-order chi connectivity index (χ1) is 10.6. The number of anilines is 1. The van der Waals surface area contributed by atoms with Crippen LogP contribution in [-0.4, -0.2) is 42.1 Å². The summed E-state index contributed by atoms with van der Waals surface area (Å²) in [7, 11) is 0. The van der Waals surface area contributed by atoms with E-state index in [9.17, 15) is 9.90 Å². The summed E-state index contributed by atoms with van der Waals surface area (Å²) in [6.45, 7) is 7.60. The number of aromatic hydroxyl groups is 1. The molecule has 6 nitrogen and oxygen atoms in total. The Labute approximate surface area is 131 Å². The number of carbonyl (C=O) groups is 1. The molecule has 0 bridgehead atoms. The predicted molar refractivity (Wildman–Crippen MR) is 86.2 cm³/mol. The largest absolute Gasteiger partial charge is 0.508 e. The van der Waals surface area contributed by atoms with Crippen LogP contribution in [0.2, 0.25) is 0 Å². The van der Waals surface area contributed by atoms with Gasteiger partial charge in [0, 0.05) is 31.0 Å². The Bertz CT molecular complexity index is 560. The van der Waals surface area contributed by atoms with Gasteiger partial charge in [-0.05, 0) is 25.2 Å². The molecule has 0 atom stereocenters. The Balaban J connectivity index is 2.54. The fourth-order valence-corrected chi connectivity index (χ4v) is 1.87. The van der Waals surface area contributed by atoms with E-state index in [-0.39, 0.29) is 11.3 Å². The van der Waals surface area contributed by atoms with Gasteiger partial charge in [-0.25, -0.2) is 0 Å². The average Bonchev–Trinajstić information content (AvgIpc) is 2.51. The van der Waals surface area contributed by atoms with Crippen LogP contribution in [0.3, 0.4) is 0 Å². The Morgan fingerprint density at radius 1 is 1.41 bits per heavy atom. The van der Waals surface area contributed by atoms with Crippen LogP contribution < -0.4 is 10.6 Å². The Kier molecular flexibility index (Phi) is 7.51. The van der Waals surface area contributed by atoms with Gasteiger partial charge < -0.3 is 20.6 Å². The third-order valence-corrected chi connectivity index (χ3v) is 3.18. The van der Waals surface area contributed by atoms with Crippen LogP contribution in [0.15, 0.2) is 36.0 Å². The molecule has 1 amide bonds. The number of carbonyl (C=O) groups excluding carboxylic acids is 1. The fourth-order valence-electron chi connectivity index (χ4n) is 1.87. The molecule has 0 spiro atoms. The summed E-state index contributed by atoms with van der Waals surface area (Å²) in [6.07, 6.45) is 1.42. The number of nitriles is 1. The number of phenols is 1. The van der Waals surface area contributed by atoms with Gasteiger partial charge in [0.05, 0.1) is 0 Å². The average molecular weight is 302 g/mol. The highest BCUT2D eigenvalue weighted by Gasteiger charge is 2.09. The van der Waals surface area contributed by atoms with Crippen molar-refractivity contribution in [2.75, 3.05) is 31.5 Å². The molecular formula is C16H22N4O2. The summed E-state index contributed by atoms with van der Waals surface area (Å²) in [5.41, 5.74) is 0.428. The minimum Gasteiger partial charge on any atom is -0.508 e. The van der Waals surface area contributed by atoms with E-state index in [0.717, 1.165) is 19.6 Å². The van der Waals surface area contributed by atoms with Gasteiger partial charge in [-0.2, -0.15) is 5.26 Å². The molecule has 0 saturated carbocycles. The predicted octanol–water partition coefficient (Wildman–Crippen LogP) is 1.67. The number of likely N-dealkylation sites (N-methyl/N-ethyl adjacent to an activating group) is 1. The number of hydrogen-bond acceptors (Lipinski definition) is 5. The SMILES string of the molecule is CCN(CC)CCN/C=C(/C#N)C(=O)Nc1cccc(O)c1. The second-order valence-electron chi connectivity index (χ2n) is 4.66. The lowest BCUT2D eigenvalue weighted by atomic mass is 10.2. The van der Waals surface area contributed by atoms with Crippen LogP contribution in [0.5, 0.6) is 5.75 Å². The normalized spacial score (nSPS) is 11.1. The molecule has 0 saturated heterocycles. The molecule has 0 aliphatic carbocycles. The zero-order valence-corrected chi connectivity index (χ0v) is 13.0. The summed E-state index contributed by atoms with van der Waals surface area (Å²) >= 11 is 0. The highest BCUT2D eigenvalue weighted by Crippen LogP contribution is 2.15. The van der Waals surface area contributed by atoms with E-state index in [1.165, 1.54) is 18.3 Å². The van der Waals surface area contributed by atoms with Gasteiger partial charge in [0.25, 0.3) is 5.91 Å². The molecule has 0 aromatic heterocycles. The third kappa shape index (κ3) is 5.85. The van der Waals surface area contributed by atoms with Gasteiger partial charge in [0.2, 0.25) is 0 Å². The van der Waals surface area contributed by atoms with Crippen molar-refractivity contribution in [2.45, 2.75) is 13.8 Å².